The van der Waals surface area contributed by atoms with Gasteiger partial charge in [0.05, 0.1) is 24.2 Å². The van der Waals surface area contributed by atoms with E-state index in [0.717, 1.165) is 0 Å². The highest BCUT2D eigenvalue weighted by atomic mass is 16.6. The molecular formula is C9H12N4O3. The number of ether oxygens (including phenoxy) is 1. The van der Waals surface area contributed by atoms with E-state index in [-0.39, 0.29) is 11.7 Å². The van der Waals surface area contributed by atoms with Gasteiger partial charge < -0.3 is 9.64 Å². The second-order valence-corrected chi connectivity index (χ2v) is 3.62. The fourth-order valence-electron chi connectivity index (χ4n) is 1.58. The number of hydrogen-bond acceptors (Lipinski definition) is 6. The van der Waals surface area contributed by atoms with Gasteiger partial charge in [-0.15, -0.1) is 0 Å². The molecule has 2 rings (SSSR count). The predicted molar refractivity (Wildman–Crippen MR) is 56.3 cm³/mol. The van der Waals surface area contributed by atoms with Crippen LogP contribution in [0.4, 0.5) is 11.6 Å². The molecule has 0 spiro atoms. The molecule has 0 unspecified atom stereocenters. The maximum absolute atomic E-state index is 10.4. The van der Waals surface area contributed by atoms with Crippen LogP contribution in [0.25, 0.3) is 0 Å². The molecule has 86 valence electrons. The van der Waals surface area contributed by atoms with Crippen LogP contribution in [0.1, 0.15) is 6.92 Å². The first-order chi connectivity index (χ1) is 7.68. The molecule has 0 radical (unpaired) electrons. The summed E-state index contributed by atoms with van der Waals surface area (Å²) in [6.07, 6.45) is 2.45. The van der Waals surface area contributed by atoms with Crippen LogP contribution in [0.5, 0.6) is 0 Å². The topological polar surface area (TPSA) is 81.4 Å². The molecule has 1 saturated heterocycles. The Hall–Kier alpha value is -1.76. The van der Waals surface area contributed by atoms with E-state index in [9.17, 15) is 10.1 Å². The first-order valence-corrected chi connectivity index (χ1v) is 4.99. The molecule has 1 fully saturated rings. The summed E-state index contributed by atoms with van der Waals surface area (Å²) in [6, 6.07) is 0.190. The second-order valence-electron chi connectivity index (χ2n) is 3.62. The van der Waals surface area contributed by atoms with Gasteiger partial charge >= 0.3 is 5.69 Å². The number of aromatic nitrogens is 2. The Kier molecular flexibility index (Phi) is 2.95. The van der Waals surface area contributed by atoms with Crippen LogP contribution in [-0.2, 0) is 4.74 Å². The first-order valence-electron chi connectivity index (χ1n) is 4.99. The zero-order valence-electron chi connectivity index (χ0n) is 8.87. The third-order valence-electron chi connectivity index (χ3n) is 2.46. The fourth-order valence-corrected chi connectivity index (χ4v) is 1.58. The molecule has 16 heavy (non-hydrogen) atoms. The van der Waals surface area contributed by atoms with Crippen molar-refractivity contribution in [1.29, 1.82) is 0 Å². The third-order valence-corrected chi connectivity index (χ3v) is 2.46. The Morgan fingerprint density at radius 3 is 2.81 bits per heavy atom. The van der Waals surface area contributed by atoms with E-state index in [2.05, 4.69) is 9.97 Å². The molecule has 1 aromatic rings. The zero-order chi connectivity index (χ0) is 11.5. The van der Waals surface area contributed by atoms with Crippen LogP contribution in [0, 0.1) is 10.1 Å². The molecular weight excluding hydrogens is 212 g/mol. The lowest BCUT2D eigenvalue weighted by Crippen LogP contribution is -2.44. The Balaban J connectivity index is 2.17. The minimum absolute atomic E-state index is 0.0929. The number of anilines is 1. The summed E-state index contributed by atoms with van der Waals surface area (Å²) < 4.78 is 5.29. The van der Waals surface area contributed by atoms with Crippen LogP contribution in [0.3, 0.4) is 0 Å². The van der Waals surface area contributed by atoms with Gasteiger partial charge in [0, 0.05) is 6.54 Å². The van der Waals surface area contributed by atoms with Crippen molar-refractivity contribution in [3.8, 4) is 0 Å². The predicted octanol–water partition coefficient (Wildman–Crippen LogP) is 0.610. The fraction of sp³-hybridized carbons (Fsp3) is 0.556. The maximum atomic E-state index is 10.4. The SMILES string of the molecule is C[C@H]1COCCN1c1ncc([N+](=O)[O-])cn1. The number of nitro groups is 1. The molecule has 7 heteroatoms. The number of rotatable bonds is 2. The Bertz CT molecular complexity index is 381. The van der Waals surface area contributed by atoms with Crippen LogP contribution < -0.4 is 4.90 Å². The smallest absolute Gasteiger partial charge is 0.305 e. The van der Waals surface area contributed by atoms with Gasteiger partial charge in [-0.2, -0.15) is 0 Å². The minimum Gasteiger partial charge on any atom is -0.377 e. The van der Waals surface area contributed by atoms with Crippen molar-refractivity contribution in [3.05, 3.63) is 22.5 Å². The van der Waals surface area contributed by atoms with E-state index in [0.29, 0.717) is 25.7 Å². The van der Waals surface area contributed by atoms with Gasteiger partial charge in [0.25, 0.3) is 0 Å². The second kappa shape index (κ2) is 4.40. The van der Waals surface area contributed by atoms with Crippen molar-refractivity contribution in [2.75, 3.05) is 24.7 Å². The van der Waals surface area contributed by atoms with Gasteiger partial charge in [-0.3, -0.25) is 10.1 Å². The summed E-state index contributed by atoms with van der Waals surface area (Å²) >= 11 is 0. The molecule has 1 aromatic heterocycles. The third kappa shape index (κ3) is 2.08. The lowest BCUT2D eigenvalue weighted by Gasteiger charge is -2.32. The van der Waals surface area contributed by atoms with E-state index in [4.69, 9.17) is 4.74 Å². The summed E-state index contributed by atoms with van der Waals surface area (Å²) in [5.41, 5.74) is -0.0929. The molecule has 0 aromatic carbocycles. The van der Waals surface area contributed by atoms with Crippen LogP contribution in [0.2, 0.25) is 0 Å². The standard InChI is InChI=1S/C9H12N4O3/c1-7-6-16-3-2-12(7)9-10-4-8(5-11-9)13(14)15/h4-5,7H,2-3,6H2,1H3/t7-/m0/s1. The van der Waals surface area contributed by atoms with Gasteiger partial charge in [-0.05, 0) is 6.92 Å². The van der Waals surface area contributed by atoms with Crippen LogP contribution in [0.15, 0.2) is 12.4 Å². The summed E-state index contributed by atoms with van der Waals surface area (Å²) in [7, 11) is 0. The van der Waals surface area contributed by atoms with Crippen molar-refractivity contribution in [2.24, 2.45) is 0 Å². The van der Waals surface area contributed by atoms with Crippen molar-refractivity contribution in [2.45, 2.75) is 13.0 Å². The average Bonchev–Trinajstić information content (AvgIpc) is 2.30. The highest BCUT2D eigenvalue weighted by Gasteiger charge is 2.21. The monoisotopic (exact) mass is 224 g/mol. The number of morpholine rings is 1. The largest absolute Gasteiger partial charge is 0.377 e. The lowest BCUT2D eigenvalue weighted by molar-refractivity contribution is -0.385. The van der Waals surface area contributed by atoms with E-state index in [1.54, 1.807) is 0 Å². The molecule has 0 bridgehead atoms. The molecule has 2 heterocycles. The normalized spacial score (nSPS) is 20.8. The number of hydrogen-bond donors (Lipinski definition) is 0. The minimum atomic E-state index is -0.507. The van der Waals surface area contributed by atoms with E-state index in [1.165, 1.54) is 12.4 Å². The van der Waals surface area contributed by atoms with Gasteiger partial charge in [-0.25, -0.2) is 9.97 Å². The molecule has 0 amide bonds. The van der Waals surface area contributed by atoms with E-state index in [1.807, 2.05) is 11.8 Å². The lowest BCUT2D eigenvalue weighted by atomic mass is 10.3. The molecule has 0 saturated carbocycles. The molecule has 7 nitrogen and oxygen atoms in total. The van der Waals surface area contributed by atoms with Crippen molar-refractivity contribution in [1.82, 2.24) is 9.97 Å². The molecule has 1 aliphatic rings. The van der Waals surface area contributed by atoms with Gasteiger partial charge in [-0.1, -0.05) is 0 Å². The van der Waals surface area contributed by atoms with Crippen molar-refractivity contribution >= 4 is 11.6 Å². The van der Waals surface area contributed by atoms with Crippen LogP contribution in [-0.4, -0.2) is 40.7 Å². The van der Waals surface area contributed by atoms with Gasteiger partial charge in [0.2, 0.25) is 5.95 Å². The summed E-state index contributed by atoms with van der Waals surface area (Å²) in [4.78, 5) is 19.9. The molecule has 1 atom stereocenters. The quantitative estimate of drug-likeness (QED) is 0.540. The summed E-state index contributed by atoms with van der Waals surface area (Å²) in [5.74, 6) is 0.515. The first kappa shape index (κ1) is 10.7. The average molecular weight is 224 g/mol. The highest BCUT2D eigenvalue weighted by Crippen LogP contribution is 2.16. The Labute approximate surface area is 92.2 Å². The maximum Gasteiger partial charge on any atom is 0.305 e. The van der Waals surface area contributed by atoms with E-state index >= 15 is 0 Å². The summed E-state index contributed by atoms with van der Waals surface area (Å²) in [5, 5.41) is 10.4. The van der Waals surface area contributed by atoms with E-state index < -0.39 is 4.92 Å². The zero-order valence-corrected chi connectivity index (χ0v) is 8.87. The van der Waals surface area contributed by atoms with Gasteiger partial charge in [0.15, 0.2) is 0 Å². The molecule has 1 aliphatic heterocycles. The summed E-state index contributed by atoms with van der Waals surface area (Å²) in [6.45, 7) is 3.97. The van der Waals surface area contributed by atoms with Crippen molar-refractivity contribution < 1.29 is 9.66 Å². The highest BCUT2D eigenvalue weighted by molar-refractivity contribution is 5.35. The van der Waals surface area contributed by atoms with Gasteiger partial charge in [0.1, 0.15) is 12.4 Å². The molecule has 0 N–H and O–H groups in total. The number of nitrogens with zero attached hydrogens (tertiary/aromatic N) is 4. The van der Waals surface area contributed by atoms with Crippen LogP contribution >= 0.6 is 0 Å². The Morgan fingerprint density at radius 1 is 1.56 bits per heavy atom. The van der Waals surface area contributed by atoms with Crippen molar-refractivity contribution in [3.63, 3.8) is 0 Å². The Morgan fingerprint density at radius 2 is 2.25 bits per heavy atom. The molecule has 0 aliphatic carbocycles.